The monoisotopic (exact) mass is 199 g/mol. The molecule has 0 atom stereocenters. The second-order valence-corrected chi connectivity index (χ2v) is 3.62. The first-order valence-electron chi connectivity index (χ1n) is 3.47. The van der Waals surface area contributed by atoms with E-state index in [0.29, 0.717) is 0 Å². The minimum absolute atomic E-state index is 0.00574. The van der Waals surface area contributed by atoms with Gasteiger partial charge in [-0.25, -0.2) is 0 Å². The molecule has 1 aromatic carbocycles. The van der Waals surface area contributed by atoms with Crippen LogP contribution in [-0.2, 0) is 6.00 Å². The molecule has 0 N–H and O–H groups in total. The summed E-state index contributed by atoms with van der Waals surface area (Å²) in [7, 11) is 0. The van der Waals surface area contributed by atoms with Crippen molar-refractivity contribution in [1.29, 1.82) is 0 Å². The smallest absolute Gasteiger partial charge is 0.284 e. The molecule has 12 heavy (non-hydrogen) atoms. The Hall–Kier alpha value is -0.800. The van der Waals surface area contributed by atoms with Crippen LogP contribution in [0.5, 0.6) is 0 Å². The molecule has 1 heterocycles. The van der Waals surface area contributed by atoms with Crippen LogP contribution in [-0.4, -0.2) is 4.57 Å². The molecule has 62 valence electrons. The molecular weight excluding hydrogens is 194 g/mol. The van der Waals surface area contributed by atoms with Crippen LogP contribution in [0.15, 0.2) is 29.1 Å². The third-order valence-electron chi connectivity index (χ3n) is 1.69. The van der Waals surface area contributed by atoms with E-state index in [9.17, 15) is 4.79 Å². The van der Waals surface area contributed by atoms with E-state index in [-0.39, 0.29) is 10.9 Å². The molecule has 0 amide bonds. The van der Waals surface area contributed by atoms with Gasteiger partial charge in [0.1, 0.15) is 6.00 Å². The summed E-state index contributed by atoms with van der Waals surface area (Å²) in [4.78, 5) is 11.3. The van der Waals surface area contributed by atoms with Gasteiger partial charge in [-0.1, -0.05) is 23.5 Å². The molecule has 4 heteroatoms. The van der Waals surface area contributed by atoms with Gasteiger partial charge in [0.2, 0.25) is 0 Å². The molecule has 0 spiro atoms. The lowest BCUT2D eigenvalue weighted by Gasteiger charge is -1.94. The molecule has 0 aliphatic heterocycles. The molecule has 0 aliphatic rings. The molecule has 2 rings (SSSR count). The maximum Gasteiger partial charge on any atom is 0.309 e. The molecule has 0 saturated heterocycles. The molecule has 2 aromatic rings. The Bertz CT molecular complexity index is 459. The van der Waals surface area contributed by atoms with Crippen molar-refractivity contribution in [3.63, 3.8) is 0 Å². The lowest BCUT2D eigenvalue weighted by atomic mass is 10.3. The Balaban J connectivity index is 2.91. The third kappa shape index (κ3) is 1.06. The van der Waals surface area contributed by atoms with Crippen molar-refractivity contribution in [3.05, 3.63) is 33.9 Å². The predicted molar refractivity (Wildman–Crippen MR) is 51.9 cm³/mol. The van der Waals surface area contributed by atoms with Gasteiger partial charge >= 0.3 is 4.87 Å². The Morgan fingerprint density at radius 3 is 2.92 bits per heavy atom. The van der Waals surface area contributed by atoms with Gasteiger partial charge < -0.3 is 0 Å². The molecule has 2 nitrogen and oxygen atoms in total. The summed E-state index contributed by atoms with van der Waals surface area (Å²) in [6.07, 6.45) is 0. The molecule has 1 aromatic heterocycles. The lowest BCUT2D eigenvalue weighted by Crippen LogP contribution is -2.09. The fourth-order valence-corrected chi connectivity index (χ4v) is 2.33. The van der Waals surface area contributed by atoms with Gasteiger partial charge in [0, 0.05) is 0 Å². The Morgan fingerprint density at radius 1 is 1.42 bits per heavy atom. The number of hydrogen-bond donors (Lipinski definition) is 0. The minimum Gasteiger partial charge on any atom is -0.284 e. The molecule has 0 unspecified atom stereocenters. The zero-order valence-electron chi connectivity index (χ0n) is 6.16. The van der Waals surface area contributed by atoms with Crippen LogP contribution in [0.4, 0.5) is 0 Å². The average molecular weight is 200 g/mol. The van der Waals surface area contributed by atoms with E-state index in [1.165, 1.54) is 11.3 Å². The van der Waals surface area contributed by atoms with Crippen molar-refractivity contribution >= 4 is 33.2 Å². The average Bonchev–Trinajstić information content (AvgIpc) is 2.40. The van der Waals surface area contributed by atoms with E-state index in [1.807, 2.05) is 24.3 Å². The quantitative estimate of drug-likeness (QED) is 0.646. The molecular formula is C8H6ClNOS. The van der Waals surface area contributed by atoms with Crippen molar-refractivity contribution in [1.82, 2.24) is 4.57 Å². The highest BCUT2D eigenvalue weighted by molar-refractivity contribution is 7.16. The van der Waals surface area contributed by atoms with Crippen molar-refractivity contribution in [2.24, 2.45) is 0 Å². The number of alkyl halides is 1. The summed E-state index contributed by atoms with van der Waals surface area (Å²) in [5.74, 6) is 0. The summed E-state index contributed by atoms with van der Waals surface area (Å²) in [6.45, 7) is 0. The van der Waals surface area contributed by atoms with E-state index in [2.05, 4.69) is 0 Å². The second-order valence-electron chi connectivity index (χ2n) is 2.38. The zero-order valence-corrected chi connectivity index (χ0v) is 7.73. The van der Waals surface area contributed by atoms with Gasteiger partial charge in [-0.15, -0.1) is 11.6 Å². The predicted octanol–water partition coefficient (Wildman–Crippen LogP) is 2.26. The third-order valence-corrected chi connectivity index (χ3v) is 2.89. The molecule has 0 radical (unpaired) electrons. The Labute approximate surface area is 78.0 Å². The molecule has 0 saturated carbocycles. The number of rotatable bonds is 1. The summed E-state index contributed by atoms with van der Waals surface area (Å²) >= 11 is 6.85. The summed E-state index contributed by atoms with van der Waals surface area (Å²) < 4.78 is 2.55. The van der Waals surface area contributed by atoms with E-state index < -0.39 is 0 Å². The van der Waals surface area contributed by atoms with Gasteiger partial charge in [-0.3, -0.25) is 9.36 Å². The maximum absolute atomic E-state index is 11.3. The first-order chi connectivity index (χ1) is 5.83. The summed E-state index contributed by atoms with van der Waals surface area (Å²) in [5.41, 5.74) is 0.919. The maximum atomic E-state index is 11.3. The zero-order chi connectivity index (χ0) is 8.55. The summed E-state index contributed by atoms with van der Waals surface area (Å²) in [5, 5.41) is 0. The van der Waals surface area contributed by atoms with Gasteiger partial charge in [-0.2, -0.15) is 0 Å². The van der Waals surface area contributed by atoms with Crippen molar-refractivity contribution in [2.75, 3.05) is 0 Å². The van der Waals surface area contributed by atoms with E-state index >= 15 is 0 Å². The first-order valence-corrected chi connectivity index (χ1v) is 4.82. The normalized spacial score (nSPS) is 10.8. The largest absolute Gasteiger partial charge is 0.309 e. The van der Waals surface area contributed by atoms with Crippen LogP contribution < -0.4 is 4.87 Å². The number of para-hydroxylation sites is 1. The van der Waals surface area contributed by atoms with Crippen LogP contribution in [0, 0.1) is 0 Å². The lowest BCUT2D eigenvalue weighted by molar-refractivity contribution is 0.904. The number of thiazole rings is 1. The van der Waals surface area contributed by atoms with Crippen LogP contribution in [0.2, 0.25) is 0 Å². The number of halogens is 1. The number of fused-ring (bicyclic) bond motifs is 1. The molecule has 0 bridgehead atoms. The fourth-order valence-electron chi connectivity index (χ4n) is 1.13. The number of nitrogens with zero attached hydrogens (tertiary/aromatic N) is 1. The molecule has 0 fully saturated rings. The number of aromatic nitrogens is 1. The van der Waals surface area contributed by atoms with Gasteiger partial charge in [0.25, 0.3) is 0 Å². The van der Waals surface area contributed by atoms with Crippen LogP contribution in [0.3, 0.4) is 0 Å². The van der Waals surface area contributed by atoms with E-state index in [1.54, 1.807) is 4.57 Å². The van der Waals surface area contributed by atoms with Crippen molar-refractivity contribution in [2.45, 2.75) is 6.00 Å². The van der Waals surface area contributed by atoms with Gasteiger partial charge in [0.05, 0.1) is 10.2 Å². The second kappa shape index (κ2) is 2.92. The Kier molecular flexibility index (Phi) is 1.90. The van der Waals surface area contributed by atoms with Crippen LogP contribution >= 0.6 is 22.9 Å². The van der Waals surface area contributed by atoms with E-state index in [0.717, 1.165) is 10.2 Å². The highest BCUT2D eigenvalue weighted by atomic mass is 35.5. The Morgan fingerprint density at radius 2 is 2.17 bits per heavy atom. The SMILES string of the molecule is O=c1sc2ccccc2n1CCl. The highest BCUT2D eigenvalue weighted by Crippen LogP contribution is 2.16. The van der Waals surface area contributed by atoms with Gasteiger partial charge in [0.15, 0.2) is 0 Å². The highest BCUT2D eigenvalue weighted by Gasteiger charge is 2.03. The topological polar surface area (TPSA) is 22.0 Å². The molecule has 0 aliphatic carbocycles. The summed E-state index contributed by atoms with van der Waals surface area (Å²) in [6, 6.07) is 7.86. The van der Waals surface area contributed by atoms with Crippen molar-refractivity contribution < 1.29 is 0 Å². The number of hydrogen-bond acceptors (Lipinski definition) is 2. The number of benzene rings is 1. The first kappa shape index (κ1) is 7.83. The van der Waals surface area contributed by atoms with Crippen molar-refractivity contribution in [3.8, 4) is 0 Å². The van der Waals surface area contributed by atoms with Gasteiger partial charge in [-0.05, 0) is 12.1 Å². The minimum atomic E-state index is 0.00574. The van der Waals surface area contributed by atoms with Crippen LogP contribution in [0.1, 0.15) is 0 Å². The van der Waals surface area contributed by atoms with E-state index in [4.69, 9.17) is 11.6 Å². The van der Waals surface area contributed by atoms with Crippen LogP contribution in [0.25, 0.3) is 10.2 Å². The standard InChI is InChI=1S/C8H6ClNOS/c9-5-10-6-3-1-2-4-7(6)12-8(10)11/h1-4H,5H2. The fraction of sp³-hybridized carbons (Fsp3) is 0.125.